The standard InChI is InChI=1S/C13H17FN2O2/c14-9-1-5-11(6-2-9)16-13(17)18-12-7-3-10(15)4-8-12/h1-2,5-6,10,12H,3-4,7-8,15H2,(H,16,17). The quantitative estimate of drug-likeness (QED) is 0.850. The summed E-state index contributed by atoms with van der Waals surface area (Å²) in [7, 11) is 0. The molecule has 98 valence electrons. The SMILES string of the molecule is NC1CCC(OC(=O)Nc2ccc(F)cc2)CC1. The molecular formula is C13H17FN2O2. The van der Waals surface area contributed by atoms with E-state index in [0.29, 0.717) is 5.69 Å². The molecule has 1 amide bonds. The zero-order valence-corrected chi connectivity index (χ0v) is 10.1. The zero-order valence-electron chi connectivity index (χ0n) is 10.1. The Balaban J connectivity index is 1.80. The molecule has 0 radical (unpaired) electrons. The predicted molar refractivity (Wildman–Crippen MR) is 66.7 cm³/mol. The first-order chi connectivity index (χ1) is 8.63. The highest BCUT2D eigenvalue weighted by atomic mass is 19.1. The summed E-state index contributed by atoms with van der Waals surface area (Å²) in [4.78, 5) is 11.6. The molecule has 0 aromatic heterocycles. The monoisotopic (exact) mass is 252 g/mol. The van der Waals surface area contributed by atoms with Gasteiger partial charge in [0.1, 0.15) is 11.9 Å². The van der Waals surface area contributed by atoms with Gasteiger partial charge < -0.3 is 10.5 Å². The molecule has 1 aliphatic carbocycles. The van der Waals surface area contributed by atoms with Gasteiger partial charge in [-0.1, -0.05) is 0 Å². The molecule has 1 aromatic rings. The molecule has 0 aliphatic heterocycles. The van der Waals surface area contributed by atoms with Crippen LogP contribution in [0.25, 0.3) is 0 Å². The number of amides is 1. The average molecular weight is 252 g/mol. The van der Waals surface area contributed by atoms with Crippen molar-refractivity contribution < 1.29 is 13.9 Å². The lowest BCUT2D eigenvalue weighted by Gasteiger charge is -2.25. The van der Waals surface area contributed by atoms with Gasteiger partial charge in [-0.15, -0.1) is 0 Å². The summed E-state index contributed by atoms with van der Waals surface area (Å²) >= 11 is 0. The van der Waals surface area contributed by atoms with Crippen molar-refractivity contribution in [1.29, 1.82) is 0 Å². The highest BCUT2D eigenvalue weighted by Gasteiger charge is 2.21. The molecule has 0 saturated heterocycles. The summed E-state index contributed by atoms with van der Waals surface area (Å²) in [5, 5.41) is 2.57. The molecule has 0 atom stereocenters. The number of nitrogens with two attached hydrogens (primary N) is 1. The smallest absolute Gasteiger partial charge is 0.411 e. The molecule has 2 rings (SSSR count). The van der Waals surface area contributed by atoms with E-state index in [1.807, 2.05) is 0 Å². The molecule has 18 heavy (non-hydrogen) atoms. The number of carbonyl (C=O) groups is 1. The Morgan fingerprint density at radius 3 is 2.44 bits per heavy atom. The van der Waals surface area contributed by atoms with Gasteiger partial charge in [-0.2, -0.15) is 0 Å². The summed E-state index contributed by atoms with van der Waals surface area (Å²) in [5.41, 5.74) is 6.30. The number of anilines is 1. The molecule has 1 fully saturated rings. The molecule has 1 aliphatic rings. The van der Waals surface area contributed by atoms with Crippen LogP contribution in [0.5, 0.6) is 0 Å². The molecule has 5 heteroatoms. The minimum absolute atomic E-state index is 0.0646. The fraction of sp³-hybridized carbons (Fsp3) is 0.462. The van der Waals surface area contributed by atoms with Gasteiger partial charge in [0.2, 0.25) is 0 Å². The van der Waals surface area contributed by atoms with Crippen LogP contribution < -0.4 is 11.1 Å². The van der Waals surface area contributed by atoms with Crippen molar-refractivity contribution in [2.24, 2.45) is 5.73 Å². The van der Waals surface area contributed by atoms with Gasteiger partial charge in [-0.25, -0.2) is 9.18 Å². The highest BCUT2D eigenvalue weighted by molar-refractivity contribution is 5.84. The normalized spacial score (nSPS) is 23.4. The van der Waals surface area contributed by atoms with Crippen LogP contribution in [0.4, 0.5) is 14.9 Å². The summed E-state index contributed by atoms with van der Waals surface area (Å²) < 4.78 is 18.0. The zero-order chi connectivity index (χ0) is 13.0. The number of hydrogen-bond donors (Lipinski definition) is 2. The van der Waals surface area contributed by atoms with Crippen molar-refractivity contribution in [3.05, 3.63) is 30.1 Å². The number of nitrogens with one attached hydrogen (secondary N) is 1. The largest absolute Gasteiger partial charge is 0.446 e. The first-order valence-electron chi connectivity index (χ1n) is 6.12. The van der Waals surface area contributed by atoms with Crippen molar-refractivity contribution >= 4 is 11.8 Å². The Morgan fingerprint density at radius 1 is 1.22 bits per heavy atom. The van der Waals surface area contributed by atoms with Gasteiger partial charge in [0.05, 0.1) is 0 Å². The highest BCUT2D eigenvalue weighted by Crippen LogP contribution is 2.20. The van der Waals surface area contributed by atoms with E-state index in [-0.39, 0.29) is 18.0 Å². The third-order valence-electron chi connectivity index (χ3n) is 3.08. The Morgan fingerprint density at radius 2 is 1.83 bits per heavy atom. The number of halogens is 1. The maximum Gasteiger partial charge on any atom is 0.411 e. The van der Waals surface area contributed by atoms with Crippen molar-refractivity contribution in [2.45, 2.75) is 37.8 Å². The molecule has 0 spiro atoms. The number of hydrogen-bond acceptors (Lipinski definition) is 3. The third-order valence-corrected chi connectivity index (χ3v) is 3.08. The maximum atomic E-state index is 12.7. The minimum Gasteiger partial charge on any atom is -0.446 e. The van der Waals surface area contributed by atoms with Crippen LogP contribution in [-0.4, -0.2) is 18.2 Å². The van der Waals surface area contributed by atoms with Crippen molar-refractivity contribution in [2.75, 3.05) is 5.32 Å². The maximum absolute atomic E-state index is 12.7. The molecule has 4 nitrogen and oxygen atoms in total. The number of carbonyl (C=O) groups excluding carboxylic acids is 1. The lowest BCUT2D eigenvalue weighted by Crippen LogP contribution is -2.32. The summed E-state index contributed by atoms with van der Waals surface area (Å²) in [6.07, 6.45) is 2.81. The van der Waals surface area contributed by atoms with Gasteiger partial charge in [0.15, 0.2) is 0 Å². The second-order valence-corrected chi connectivity index (χ2v) is 4.57. The average Bonchev–Trinajstić information content (AvgIpc) is 2.35. The molecule has 3 N–H and O–H groups in total. The molecule has 0 heterocycles. The van der Waals surface area contributed by atoms with Crippen LogP contribution >= 0.6 is 0 Å². The van der Waals surface area contributed by atoms with Crippen molar-refractivity contribution in [3.63, 3.8) is 0 Å². The summed E-state index contributed by atoms with van der Waals surface area (Å²) in [6, 6.07) is 5.79. The third kappa shape index (κ3) is 3.70. The fourth-order valence-corrected chi connectivity index (χ4v) is 2.04. The predicted octanol–water partition coefficient (Wildman–Crippen LogP) is 2.64. The lowest BCUT2D eigenvalue weighted by molar-refractivity contribution is 0.0826. The van der Waals surface area contributed by atoms with Crippen LogP contribution in [0.2, 0.25) is 0 Å². The Kier molecular flexibility index (Phi) is 4.15. The van der Waals surface area contributed by atoms with E-state index in [1.54, 1.807) is 0 Å². The molecule has 0 unspecified atom stereocenters. The first-order valence-corrected chi connectivity index (χ1v) is 6.12. The summed E-state index contributed by atoms with van der Waals surface area (Å²) in [6.45, 7) is 0. The Hall–Kier alpha value is -1.62. The van der Waals surface area contributed by atoms with E-state index in [0.717, 1.165) is 25.7 Å². The van der Waals surface area contributed by atoms with E-state index in [2.05, 4.69) is 5.32 Å². The fourth-order valence-electron chi connectivity index (χ4n) is 2.04. The van der Waals surface area contributed by atoms with Crippen LogP contribution in [0, 0.1) is 5.82 Å². The second kappa shape index (κ2) is 5.82. The van der Waals surface area contributed by atoms with Gasteiger partial charge >= 0.3 is 6.09 Å². The minimum atomic E-state index is -0.498. The molecular weight excluding hydrogens is 235 g/mol. The molecule has 1 aromatic carbocycles. The van der Waals surface area contributed by atoms with Gasteiger partial charge in [0.25, 0.3) is 0 Å². The van der Waals surface area contributed by atoms with Crippen LogP contribution in [0.1, 0.15) is 25.7 Å². The van der Waals surface area contributed by atoms with Crippen LogP contribution in [0.3, 0.4) is 0 Å². The van der Waals surface area contributed by atoms with Gasteiger partial charge in [-0.3, -0.25) is 5.32 Å². The van der Waals surface area contributed by atoms with Gasteiger partial charge in [0, 0.05) is 11.7 Å². The first kappa shape index (κ1) is 12.8. The van der Waals surface area contributed by atoms with Crippen LogP contribution in [-0.2, 0) is 4.74 Å². The van der Waals surface area contributed by atoms with Crippen molar-refractivity contribution in [1.82, 2.24) is 0 Å². The van der Waals surface area contributed by atoms with Crippen molar-refractivity contribution in [3.8, 4) is 0 Å². The van der Waals surface area contributed by atoms with Crippen LogP contribution in [0.15, 0.2) is 24.3 Å². The Bertz CT molecular complexity index is 400. The van der Waals surface area contributed by atoms with E-state index in [9.17, 15) is 9.18 Å². The molecule has 1 saturated carbocycles. The molecule has 0 bridgehead atoms. The van der Waals surface area contributed by atoms with E-state index >= 15 is 0 Å². The summed E-state index contributed by atoms with van der Waals surface area (Å²) in [5.74, 6) is -0.338. The Labute approximate surface area is 105 Å². The topological polar surface area (TPSA) is 64.3 Å². The van der Waals surface area contributed by atoms with E-state index in [1.165, 1.54) is 24.3 Å². The van der Waals surface area contributed by atoms with Gasteiger partial charge in [-0.05, 0) is 49.9 Å². The lowest BCUT2D eigenvalue weighted by atomic mass is 9.94. The second-order valence-electron chi connectivity index (χ2n) is 4.57. The number of rotatable bonds is 2. The number of benzene rings is 1. The van der Waals surface area contributed by atoms with E-state index < -0.39 is 6.09 Å². The number of ether oxygens (including phenoxy) is 1. The van der Waals surface area contributed by atoms with E-state index in [4.69, 9.17) is 10.5 Å².